The molecule has 2 aliphatic carbocycles. The monoisotopic (exact) mass is 720 g/mol. The van der Waals surface area contributed by atoms with E-state index in [4.69, 9.17) is 0 Å². The molecule has 56 heavy (non-hydrogen) atoms. The molecule has 9 rings (SSSR count). The fourth-order valence-electron chi connectivity index (χ4n) is 8.18. The van der Waals surface area contributed by atoms with Gasteiger partial charge in [0, 0.05) is 39.9 Å². The van der Waals surface area contributed by atoms with Gasteiger partial charge in [-0.25, -0.2) is 0 Å². The van der Waals surface area contributed by atoms with Crippen LogP contribution in [0.1, 0.15) is 36.8 Å². The number of rotatable bonds is 10. The molecular weight excluding hydrogens is 677 g/mol. The summed E-state index contributed by atoms with van der Waals surface area (Å²) in [6, 6.07) is 56.6. The summed E-state index contributed by atoms with van der Waals surface area (Å²) in [7, 11) is 0. The summed E-state index contributed by atoms with van der Waals surface area (Å²) in [5, 5.41) is 1.20. The fourth-order valence-corrected chi connectivity index (χ4v) is 8.18. The summed E-state index contributed by atoms with van der Waals surface area (Å²) in [6.45, 7) is 4.36. The Bertz CT molecular complexity index is 2670. The molecule has 0 unspecified atom stereocenters. The lowest BCUT2D eigenvalue weighted by molar-refractivity contribution is 0.851. The van der Waals surface area contributed by atoms with Crippen LogP contribution >= 0.6 is 0 Å². The summed E-state index contributed by atoms with van der Waals surface area (Å²) in [4.78, 5) is 2.46. The Kier molecular flexibility index (Phi) is 9.85. The van der Waals surface area contributed by atoms with Crippen LogP contribution in [0.5, 0.6) is 0 Å². The van der Waals surface area contributed by atoms with Gasteiger partial charge in [-0.05, 0) is 125 Å². The lowest BCUT2D eigenvalue weighted by atomic mass is 9.89. The molecule has 270 valence electrons. The SMILES string of the molecule is C=C/C(=C\c1cn(-c2ccccc2)c2ccccc12)c1ccc(N(C2=CC=C(C3=CC=CCC3)CC2)c2ccc(-c3ccccc3)cc2)cc1-c1ccccc1. The van der Waals surface area contributed by atoms with Gasteiger partial charge in [0.2, 0.25) is 0 Å². The maximum absolute atomic E-state index is 4.36. The summed E-state index contributed by atoms with van der Waals surface area (Å²) in [5.74, 6) is 0. The molecule has 0 amide bonds. The topological polar surface area (TPSA) is 8.17 Å². The zero-order chi connectivity index (χ0) is 37.7. The van der Waals surface area contributed by atoms with E-state index < -0.39 is 0 Å². The minimum absolute atomic E-state index is 0.957. The number of nitrogens with zero attached hydrogens (tertiary/aromatic N) is 2. The average molecular weight is 721 g/mol. The van der Waals surface area contributed by atoms with Crippen LogP contribution in [0, 0.1) is 0 Å². The molecule has 0 atom stereocenters. The van der Waals surface area contributed by atoms with Gasteiger partial charge in [-0.15, -0.1) is 0 Å². The molecule has 2 nitrogen and oxygen atoms in total. The second-order valence-corrected chi connectivity index (χ2v) is 14.5. The van der Waals surface area contributed by atoms with Crippen LogP contribution in [0.3, 0.4) is 0 Å². The van der Waals surface area contributed by atoms with Gasteiger partial charge in [0.05, 0.1) is 5.52 Å². The minimum atomic E-state index is 0.957. The number of fused-ring (bicyclic) bond motifs is 1. The van der Waals surface area contributed by atoms with E-state index in [0.717, 1.165) is 59.4 Å². The van der Waals surface area contributed by atoms with Gasteiger partial charge in [-0.1, -0.05) is 152 Å². The number of aromatic nitrogens is 1. The van der Waals surface area contributed by atoms with Gasteiger partial charge in [0.15, 0.2) is 0 Å². The van der Waals surface area contributed by atoms with Crippen LogP contribution in [0.4, 0.5) is 11.4 Å². The summed E-state index contributed by atoms with van der Waals surface area (Å²) >= 11 is 0. The quantitative estimate of drug-likeness (QED) is 0.128. The maximum atomic E-state index is 4.36. The van der Waals surface area contributed by atoms with Crippen molar-refractivity contribution in [3.05, 3.63) is 235 Å². The number of benzene rings is 6. The molecule has 0 saturated heterocycles. The van der Waals surface area contributed by atoms with Gasteiger partial charge in [0.1, 0.15) is 0 Å². The van der Waals surface area contributed by atoms with E-state index in [0.29, 0.717) is 0 Å². The van der Waals surface area contributed by atoms with E-state index in [1.165, 1.54) is 50.0 Å². The third-order valence-corrected chi connectivity index (χ3v) is 11.0. The first-order valence-corrected chi connectivity index (χ1v) is 19.6. The third-order valence-electron chi connectivity index (χ3n) is 11.0. The summed E-state index contributed by atoms with van der Waals surface area (Å²) in [6.07, 6.45) is 22.2. The lowest BCUT2D eigenvalue weighted by Crippen LogP contribution is -2.18. The minimum Gasteiger partial charge on any atom is -0.316 e. The first kappa shape index (κ1) is 34.8. The molecule has 6 aromatic carbocycles. The second-order valence-electron chi connectivity index (χ2n) is 14.5. The smallest absolute Gasteiger partial charge is 0.0534 e. The maximum Gasteiger partial charge on any atom is 0.0534 e. The van der Waals surface area contributed by atoms with E-state index in [1.807, 2.05) is 6.08 Å². The molecule has 0 fully saturated rings. The van der Waals surface area contributed by atoms with Crippen molar-refractivity contribution >= 4 is 33.9 Å². The normalized spacial score (nSPS) is 14.2. The van der Waals surface area contributed by atoms with Crippen molar-refractivity contribution in [1.82, 2.24) is 4.57 Å². The molecule has 0 saturated carbocycles. The van der Waals surface area contributed by atoms with Crippen LogP contribution in [-0.4, -0.2) is 4.57 Å². The third kappa shape index (κ3) is 7.06. The molecule has 7 aromatic rings. The van der Waals surface area contributed by atoms with Crippen molar-refractivity contribution in [2.24, 2.45) is 0 Å². The van der Waals surface area contributed by atoms with Crippen molar-refractivity contribution in [2.45, 2.75) is 25.7 Å². The first-order valence-electron chi connectivity index (χ1n) is 19.6. The predicted molar refractivity (Wildman–Crippen MR) is 239 cm³/mol. The number of allylic oxidation sites excluding steroid dienone is 10. The lowest BCUT2D eigenvalue weighted by Gasteiger charge is -2.31. The Labute approximate surface area is 330 Å². The standard InChI is InChI=1S/C54H44N2/c1-2-40(37-46-39-55(47-23-13-6-14-24-47)54-26-16-15-25-52(46)54)51-36-35-50(38-53(51)45-21-11-5-12-22-45)56(48-31-27-43(28-32-48)41-17-7-3-8-18-41)49-33-29-44(30-34-49)42-19-9-4-10-20-42/h2-9,11-19,21-29,31-33,35-39H,1,10,20,30,34H2/b40-37+. The largest absolute Gasteiger partial charge is 0.316 e. The van der Waals surface area contributed by atoms with Crippen LogP contribution in [-0.2, 0) is 0 Å². The average Bonchev–Trinajstić information content (AvgIpc) is 3.65. The van der Waals surface area contributed by atoms with E-state index in [9.17, 15) is 0 Å². The molecule has 0 bridgehead atoms. The predicted octanol–water partition coefficient (Wildman–Crippen LogP) is 14.7. The van der Waals surface area contributed by atoms with Crippen molar-refractivity contribution < 1.29 is 0 Å². The van der Waals surface area contributed by atoms with Gasteiger partial charge in [-0.3, -0.25) is 0 Å². The van der Waals surface area contributed by atoms with Crippen molar-refractivity contribution in [3.63, 3.8) is 0 Å². The van der Waals surface area contributed by atoms with E-state index in [-0.39, 0.29) is 0 Å². The molecule has 1 aromatic heterocycles. The molecule has 2 heteroatoms. The number of anilines is 2. The Morgan fingerprint density at radius 2 is 1.25 bits per heavy atom. The Morgan fingerprint density at radius 3 is 1.95 bits per heavy atom. The molecular formula is C54H44N2. The Morgan fingerprint density at radius 1 is 0.589 bits per heavy atom. The van der Waals surface area contributed by atoms with E-state index >= 15 is 0 Å². The highest BCUT2D eigenvalue weighted by Crippen LogP contribution is 2.41. The summed E-state index contributed by atoms with van der Waals surface area (Å²) < 4.78 is 2.28. The van der Waals surface area contributed by atoms with Gasteiger partial charge in [-0.2, -0.15) is 0 Å². The van der Waals surface area contributed by atoms with E-state index in [1.54, 1.807) is 0 Å². The van der Waals surface area contributed by atoms with Crippen LogP contribution < -0.4 is 4.90 Å². The second kappa shape index (κ2) is 15.8. The zero-order valence-corrected chi connectivity index (χ0v) is 31.6. The Balaban J connectivity index is 1.17. The van der Waals surface area contributed by atoms with Gasteiger partial charge in [0.25, 0.3) is 0 Å². The molecule has 2 aliphatic rings. The number of para-hydroxylation sites is 2. The Hall–Kier alpha value is -6.90. The first-order chi connectivity index (χ1) is 27.7. The molecule has 0 spiro atoms. The van der Waals surface area contributed by atoms with E-state index in [2.05, 4.69) is 216 Å². The van der Waals surface area contributed by atoms with Gasteiger partial charge >= 0.3 is 0 Å². The number of hydrogen-bond acceptors (Lipinski definition) is 1. The molecule has 0 radical (unpaired) electrons. The summed E-state index contributed by atoms with van der Waals surface area (Å²) in [5.41, 5.74) is 16.9. The molecule has 0 N–H and O–H groups in total. The number of hydrogen-bond donors (Lipinski definition) is 0. The van der Waals surface area contributed by atoms with Crippen LogP contribution in [0.25, 0.3) is 50.5 Å². The highest BCUT2D eigenvalue weighted by molar-refractivity contribution is 6.00. The van der Waals surface area contributed by atoms with Crippen LogP contribution in [0.2, 0.25) is 0 Å². The van der Waals surface area contributed by atoms with Crippen LogP contribution in [0.15, 0.2) is 224 Å². The highest BCUT2D eigenvalue weighted by Gasteiger charge is 2.21. The van der Waals surface area contributed by atoms with Gasteiger partial charge < -0.3 is 9.47 Å². The van der Waals surface area contributed by atoms with Crippen molar-refractivity contribution in [1.29, 1.82) is 0 Å². The zero-order valence-electron chi connectivity index (χ0n) is 31.6. The molecule has 0 aliphatic heterocycles. The highest BCUT2D eigenvalue weighted by atomic mass is 15.1. The van der Waals surface area contributed by atoms with Crippen molar-refractivity contribution in [3.8, 4) is 27.9 Å². The molecule has 1 heterocycles. The van der Waals surface area contributed by atoms with Crippen molar-refractivity contribution in [2.75, 3.05) is 4.90 Å². The fraction of sp³-hybridized carbons (Fsp3) is 0.0741.